The quantitative estimate of drug-likeness (QED) is 0.892. The first-order valence-electron chi connectivity index (χ1n) is 5.34. The van der Waals surface area contributed by atoms with Crippen molar-refractivity contribution in [3.8, 4) is 11.1 Å². The van der Waals surface area contributed by atoms with Gasteiger partial charge in [0.25, 0.3) is 0 Å². The Balaban J connectivity index is 2.43. The Labute approximate surface area is 110 Å². The van der Waals surface area contributed by atoms with Crippen molar-refractivity contribution in [1.82, 2.24) is 0 Å². The first-order chi connectivity index (χ1) is 8.88. The Bertz CT molecular complexity index is 721. The number of carboxylic acid groups (broad SMARTS) is 1. The molecule has 19 heavy (non-hydrogen) atoms. The average molecular weight is 277 g/mol. The van der Waals surface area contributed by atoms with Crippen LogP contribution >= 0.6 is 0 Å². The van der Waals surface area contributed by atoms with Gasteiger partial charge in [0.1, 0.15) is 0 Å². The highest BCUT2D eigenvalue weighted by atomic mass is 32.2. The van der Waals surface area contributed by atoms with E-state index in [1.165, 1.54) is 24.3 Å². The van der Waals surface area contributed by atoms with Crippen LogP contribution in [0, 0.1) is 0 Å². The first kappa shape index (κ1) is 13.3. The van der Waals surface area contributed by atoms with Crippen molar-refractivity contribution in [3.63, 3.8) is 0 Å². The van der Waals surface area contributed by atoms with Crippen LogP contribution in [0.15, 0.2) is 53.4 Å². The van der Waals surface area contributed by atoms with Crippen LogP contribution in [-0.2, 0) is 10.0 Å². The zero-order valence-corrected chi connectivity index (χ0v) is 10.6. The fraction of sp³-hybridized carbons (Fsp3) is 0. The SMILES string of the molecule is NS(=O)(=O)c1ccc(-c2cccc(C(=O)O)c2)cc1. The van der Waals surface area contributed by atoms with E-state index in [1.807, 2.05) is 0 Å². The summed E-state index contributed by atoms with van der Waals surface area (Å²) >= 11 is 0. The van der Waals surface area contributed by atoms with Crippen molar-refractivity contribution in [2.75, 3.05) is 0 Å². The second kappa shape index (κ2) is 4.83. The van der Waals surface area contributed by atoms with Gasteiger partial charge in [-0.25, -0.2) is 18.4 Å². The summed E-state index contributed by atoms with van der Waals surface area (Å²) in [6.07, 6.45) is 0. The van der Waals surface area contributed by atoms with Crippen molar-refractivity contribution in [2.24, 2.45) is 5.14 Å². The fourth-order valence-corrected chi connectivity index (χ4v) is 2.18. The fourth-order valence-electron chi connectivity index (χ4n) is 1.67. The van der Waals surface area contributed by atoms with Crippen LogP contribution in [0.2, 0.25) is 0 Å². The van der Waals surface area contributed by atoms with Gasteiger partial charge in [0.2, 0.25) is 10.0 Å². The van der Waals surface area contributed by atoms with Crippen LogP contribution in [0.1, 0.15) is 10.4 Å². The summed E-state index contributed by atoms with van der Waals surface area (Å²) in [5, 5.41) is 13.9. The van der Waals surface area contributed by atoms with Gasteiger partial charge in [-0.2, -0.15) is 0 Å². The molecule has 6 heteroatoms. The molecule has 0 heterocycles. The predicted octanol–water partition coefficient (Wildman–Crippen LogP) is 1.70. The van der Waals surface area contributed by atoms with Gasteiger partial charge in [-0.15, -0.1) is 0 Å². The number of carboxylic acids is 1. The molecular formula is C13H11NO4S. The number of primary sulfonamides is 1. The Morgan fingerprint density at radius 1 is 1.00 bits per heavy atom. The standard InChI is InChI=1S/C13H11NO4S/c14-19(17,18)12-6-4-9(5-7-12)10-2-1-3-11(8-10)13(15)16/h1-8H,(H,15,16)(H2,14,17,18). The maximum absolute atomic E-state index is 11.1. The third-order valence-corrected chi connectivity index (χ3v) is 3.55. The number of rotatable bonds is 3. The van der Waals surface area contributed by atoms with Crippen LogP contribution in [0.25, 0.3) is 11.1 Å². The minimum atomic E-state index is -3.72. The summed E-state index contributed by atoms with van der Waals surface area (Å²) < 4.78 is 22.2. The maximum Gasteiger partial charge on any atom is 0.335 e. The van der Waals surface area contributed by atoms with Crippen molar-refractivity contribution in [2.45, 2.75) is 4.90 Å². The molecule has 0 radical (unpaired) electrons. The Hall–Kier alpha value is -2.18. The molecule has 0 spiro atoms. The number of sulfonamides is 1. The summed E-state index contributed by atoms with van der Waals surface area (Å²) in [5.74, 6) is -1.01. The molecule has 0 bridgehead atoms. The lowest BCUT2D eigenvalue weighted by molar-refractivity contribution is 0.0697. The predicted molar refractivity (Wildman–Crippen MR) is 70.2 cm³/mol. The molecule has 0 saturated carbocycles. The van der Waals surface area contributed by atoms with E-state index in [-0.39, 0.29) is 10.5 Å². The van der Waals surface area contributed by atoms with Gasteiger partial charge in [-0.1, -0.05) is 24.3 Å². The van der Waals surface area contributed by atoms with Gasteiger partial charge in [0.15, 0.2) is 0 Å². The zero-order valence-electron chi connectivity index (χ0n) is 9.78. The van der Waals surface area contributed by atoms with Crippen LogP contribution < -0.4 is 5.14 Å². The molecule has 5 nitrogen and oxygen atoms in total. The molecule has 2 rings (SSSR count). The summed E-state index contributed by atoms with van der Waals surface area (Å²) in [5.41, 5.74) is 1.59. The number of carbonyl (C=O) groups is 1. The van der Waals surface area contributed by atoms with Crippen LogP contribution in [0.4, 0.5) is 0 Å². The number of benzene rings is 2. The number of aromatic carboxylic acids is 1. The van der Waals surface area contributed by atoms with Gasteiger partial charge in [-0.05, 0) is 35.4 Å². The van der Waals surface area contributed by atoms with E-state index < -0.39 is 16.0 Å². The van der Waals surface area contributed by atoms with Crippen molar-refractivity contribution in [3.05, 3.63) is 54.1 Å². The van der Waals surface area contributed by atoms with E-state index in [9.17, 15) is 13.2 Å². The van der Waals surface area contributed by atoms with Gasteiger partial charge in [0, 0.05) is 0 Å². The largest absolute Gasteiger partial charge is 0.478 e. The Morgan fingerprint density at radius 3 is 2.16 bits per heavy atom. The molecule has 0 aliphatic heterocycles. The minimum absolute atomic E-state index is 0.0191. The highest BCUT2D eigenvalue weighted by Gasteiger charge is 2.08. The zero-order chi connectivity index (χ0) is 14.0. The molecule has 98 valence electrons. The molecule has 2 aromatic rings. The number of nitrogens with two attached hydrogens (primary N) is 1. The molecular weight excluding hydrogens is 266 g/mol. The Kier molecular flexibility index (Phi) is 3.37. The van der Waals surface area contributed by atoms with Crippen molar-refractivity contribution in [1.29, 1.82) is 0 Å². The molecule has 0 atom stereocenters. The van der Waals surface area contributed by atoms with Crippen molar-refractivity contribution >= 4 is 16.0 Å². The third kappa shape index (κ3) is 2.98. The second-order valence-electron chi connectivity index (χ2n) is 3.96. The molecule has 0 aliphatic rings. The molecule has 3 N–H and O–H groups in total. The summed E-state index contributed by atoms with van der Waals surface area (Å²) in [7, 11) is -3.72. The molecule has 0 unspecified atom stereocenters. The molecule has 2 aromatic carbocycles. The van der Waals surface area contributed by atoms with E-state index in [4.69, 9.17) is 10.2 Å². The second-order valence-corrected chi connectivity index (χ2v) is 5.52. The van der Waals surface area contributed by atoms with Crippen molar-refractivity contribution < 1.29 is 18.3 Å². The van der Waals surface area contributed by atoms with Crippen LogP contribution in [0.5, 0.6) is 0 Å². The monoisotopic (exact) mass is 277 g/mol. The van der Waals surface area contributed by atoms with Gasteiger partial charge >= 0.3 is 5.97 Å². The van der Waals surface area contributed by atoms with Crippen LogP contribution in [-0.4, -0.2) is 19.5 Å². The van der Waals surface area contributed by atoms with E-state index in [0.717, 1.165) is 5.56 Å². The summed E-state index contributed by atoms with van der Waals surface area (Å²) in [6.45, 7) is 0. The van der Waals surface area contributed by atoms with E-state index in [1.54, 1.807) is 24.3 Å². The number of hydrogen-bond donors (Lipinski definition) is 2. The van der Waals surface area contributed by atoms with Gasteiger partial charge in [-0.3, -0.25) is 0 Å². The lowest BCUT2D eigenvalue weighted by Crippen LogP contribution is -2.11. The number of hydrogen-bond acceptors (Lipinski definition) is 3. The minimum Gasteiger partial charge on any atom is -0.478 e. The van der Waals surface area contributed by atoms with E-state index in [0.29, 0.717) is 5.56 Å². The lowest BCUT2D eigenvalue weighted by Gasteiger charge is -2.04. The molecule has 0 fully saturated rings. The van der Waals surface area contributed by atoms with Gasteiger partial charge < -0.3 is 5.11 Å². The lowest BCUT2D eigenvalue weighted by atomic mass is 10.0. The van der Waals surface area contributed by atoms with Gasteiger partial charge in [0.05, 0.1) is 10.5 Å². The molecule has 0 aromatic heterocycles. The van der Waals surface area contributed by atoms with Crippen LogP contribution in [0.3, 0.4) is 0 Å². The molecule has 0 amide bonds. The molecule has 0 saturated heterocycles. The summed E-state index contributed by atoms with van der Waals surface area (Å²) in [4.78, 5) is 10.9. The third-order valence-electron chi connectivity index (χ3n) is 2.63. The highest BCUT2D eigenvalue weighted by molar-refractivity contribution is 7.89. The highest BCUT2D eigenvalue weighted by Crippen LogP contribution is 2.22. The maximum atomic E-state index is 11.1. The normalized spacial score (nSPS) is 11.2. The van der Waals surface area contributed by atoms with E-state index >= 15 is 0 Å². The Morgan fingerprint density at radius 2 is 1.63 bits per heavy atom. The topological polar surface area (TPSA) is 97.5 Å². The van der Waals surface area contributed by atoms with E-state index in [2.05, 4.69) is 0 Å². The molecule has 0 aliphatic carbocycles. The summed E-state index contributed by atoms with van der Waals surface area (Å²) in [6, 6.07) is 12.3. The average Bonchev–Trinajstić information content (AvgIpc) is 2.38. The first-order valence-corrected chi connectivity index (χ1v) is 6.89. The smallest absolute Gasteiger partial charge is 0.335 e.